The highest BCUT2D eigenvalue weighted by molar-refractivity contribution is 5.58. The fourth-order valence-corrected chi connectivity index (χ4v) is 1.71. The third-order valence-electron chi connectivity index (χ3n) is 2.78. The van der Waals surface area contributed by atoms with Crippen molar-refractivity contribution in [3.63, 3.8) is 0 Å². The molecule has 0 saturated carbocycles. The lowest BCUT2D eigenvalue weighted by Crippen LogP contribution is -2.08. The van der Waals surface area contributed by atoms with Gasteiger partial charge in [-0.3, -0.25) is 0 Å². The lowest BCUT2D eigenvalue weighted by molar-refractivity contribution is 0.197. The molecule has 0 atom stereocenters. The maximum atomic E-state index is 4.99. The zero-order valence-corrected chi connectivity index (χ0v) is 11.8. The number of hydrogen-bond acceptors (Lipinski definition) is 6. The highest BCUT2D eigenvalue weighted by Crippen LogP contribution is 2.17. The highest BCUT2D eigenvalue weighted by atomic mass is 16.5. The summed E-state index contributed by atoms with van der Waals surface area (Å²) in [6.07, 6.45) is 2.52. The molecule has 0 aliphatic heterocycles. The summed E-state index contributed by atoms with van der Waals surface area (Å²) >= 11 is 0. The minimum Gasteiger partial charge on any atom is -0.385 e. The molecule has 0 radical (unpaired) electrons. The summed E-state index contributed by atoms with van der Waals surface area (Å²) in [7, 11) is 1.69. The lowest BCUT2D eigenvalue weighted by atomic mass is 10.2. The van der Waals surface area contributed by atoms with Crippen molar-refractivity contribution in [1.29, 1.82) is 0 Å². The van der Waals surface area contributed by atoms with Gasteiger partial charge in [0.2, 0.25) is 5.95 Å². The molecule has 2 aromatic rings. The highest BCUT2D eigenvalue weighted by Gasteiger charge is 2.02. The molecule has 0 unspecified atom stereocenters. The fraction of sp³-hybridized carbons (Fsp3) is 0.357. The van der Waals surface area contributed by atoms with E-state index in [0.717, 1.165) is 30.8 Å². The van der Waals surface area contributed by atoms with Crippen LogP contribution in [0.25, 0.3) is 0 Å². The maximum Gasteiger partial charge on any atom is 0.249 e. The molecule has 6 heteroatoms. The van der Waals surface area contributed by atoms with Crippen molar-refractivity contribution in [1.82, 2.24) is 15.2 Å². The number of nitrogens with zero attached hydrogens (tertiary/aromatic N) is 3. The predicted molar refractivity (Wildman–Crippen MR) is 79.3 cm³/mol. The van der Waals surface area contributed by atoms with Crippen LogP contribution in [0.4, 0.5) is 17.5 Å². The molecule has 0 aliphatic carbocycles. The van der Waals surface area contributed by atoms with Crippen LogP contribution in [0.5, 0.6) is 0 Å². The second kappa shape index (κ2) is 7.40. The van der Waals surface area contributed by atoms with E-state index in [9.17, 15) is 0 Å². The van der Waals surface area contributed by atoms with E-state index in [1.807, 2.05) is 31.2 Å². The zero-order valence-electron chi connectivity index (χ0n) is 11.8. The molecule has 2 N–H and O–H groups in total. The number of aryl methyl sites for hydroxylation is 1. The van der Waals surface area contributed by atoms with E-state index >= 15 is 0 Å². The van der Waals surface area contributed by atoms with Gasteiger partial charge < -0.3 is 15.4 Å². The van der Waals surface area contributed by atoms with Gasteiger partial charge in [-0.1, -0.05) is 18.2 Å². The van der Waals surface area contributed by atoms with Crippen LogP contribution >= 0.6 is 0 Å². The van der Waals surface area contributed by atoms with E-state index in [0.29, 0.717) is 11.8 Å². The Morgan fingerprint density at radius 3 is 2.90 bits per heavy atom. The molecule has 0 fully saturated rings. The Morgan fingerprint density at radius 1 is 1.25 bits per heavy atom. The van der Waals surface area contributed by atoms with Gasteiger partial charge in [-0.2, -0.15) is 10.1 Å². The first kappa shape index (κ1) is 14.2. The van der Waals surface area contributed by atoms with Crippen LogP contribution in [0.3, 0.4) is 0 Å². The molecule has 106 valence electrons. The summed E-state index contributed by atoms with van der Waals surface area (Å²) in [6, 6.07) is 7.98. The normalized spacial score (nSPS) is 10.3. The van der Waals surface area contributed by atoms with Crippen molar-refractivity contribution in [2.24, 2.45) is 0 Å². The molecule has 1 aromatic carbocycles. The average Bonchev–Trinajstić information content (AvgIpc) is 2.47. The van der Waals surface area contributed by atoms with E-state index in [1.165, 1.54) is 0 Å². The molecule has 0 bridgehead atoms. The van der Waals surface area contributed by atoms with Crippen molar-refractivity contribution in [2.45, 2.75) is 13.3 Å². The summed E-state index contributed by atoms with van der Waals surface area (Å²) in [6.45, 7) is 3.54. The van der Waals surface area contributed by atoms with Gasteiger partial charge in [0.15, 0.2) is 5.82 Å². The quantitative estimate of drug-likeness (QED) is 0.755. The number of aromatic nitrogens is 3. The largest absolute Gasteiger partial charge is 0.385 e. The summed E-state index contributed by atoms with van der Waals surface area (Å²) in [5.41, 5.74) is 2.11. The monoisotopic (exact) mass is 273 g/mol. The van der Waals surface area contributed by atoms with Crippen LogP contribution in [0.2, 0.25) is 0 Å². The Bertz CT molecular complexity index is 547. The number of anilines is 3. The van der Waals surface area contributed by atoms with Crippen molar-refractivity contribution >= 4 is 17.5 Å². The van der Waals surface area contributed by atoms with E-state index < -0.39 is 0 Å². The SMILES string of the molecule is COCCCNc1cnnc(Nc2ccccc2C)n1. The van der Waals surface area contributed by atoms with Gasteiger partial charge in [-0.25, -0.2) is 0 Å². The van der Waals surface area contributed by atoms with Crippen LogP contribution in [-0.2, 0) is 4.74 Å². The first-order chi connectivity index (χ1) is 9.79. The number of rotatable bonds is 7. The van der Waals surface area contributed by atoms with Gasteiger partial charge in [-0.15, -0.1) is 5.10 Å². The molecule has 1 aromatic heterocycles. The standard InChI is InChI=1S/C14H19N5O/c1-11-6-3-4-7-12(11)17-14-18-13(10-16-19-14)15-8-5-9-20-2/h3-4,6-7,10H,5,8-9H2,1-2H3,(H2,15,17,18,19). The van der Waals surface area contributed by atoms with E-state index in [1.54, 1.807) is 13.3 Å². The van der Waals surface area contributed by atoms with Crippen molar-refractivity contribution < 1.29 is 4.74 Å². The summed E-state index contributed by atoms with van der Waals surface area (Å²) in [5.74, 6) is 1.18. The second-order valence-electron chi connectivity index (χ2n) is 4.38. The molecule has 0 saturated heterocycles. The number of para-hydroxylation sites is 1. The van der Waals surface area contributed by atoms with E-state index in [4.69, 9.17) is 4.74 Å². The molecule has 0 amide bonds. The molecular formula is C14H19N5O. The maximum absolute atomic E-state index is 4.99. The Hall–Kier alpha value is -2.21. The Labute approximate surface area is 118 Å². The number of methoxy groups -OCH3 is 1. The first-order valence-electron chi connectivity index (χ1n) is 6.55. The molecule has 0 spiro atoms. The van der Waals surface area contributed by atoms with Crippen molar-refractivity contribution in [3.05, 3.63) is 36.0 Å². The number of ether oxygens (including phenoxy) is 1. The van der Waals surface area contributed by atoms with Gasteiger partial charge >= 0.3 is 0 Å². The molecule has 1 heterocycles. The van der Waals surface area contributed by atoms with Crippen LogP contribution in [0.15, 0.2) is 30.5 Å². The smallest absolute Gasteiger partial charge is 0.249 e. The van der Waals surface area contributed by atoms with Gasteiger partial charge in [0.1, 0.15) is 0 Å². The third kappa shape index (κ3) is 4.17. The zero-order chi connectivity index (χ0) is 14.2. The number of hydrogen-bond donors (Lipinski definition) is 2. The average molecular weight is 273 g/mol. The molecule has 0 aliphatic rings. The van der Waals surface area contributed by atoms with E-state index in [-0.39, 0.29) is 0 Å². The topological polar surface area (TPSA) is 72.0 Å². The number of nitrogens with one attached hydrogen (secondary N) is 2. The molecule has 20 heavy (non-hydrogen) atoms. The van der Waals surface area contributed by atoms with Crippen LogP contribution in [-0.4, -0.2) is 35.4 Å². The molecular weight excluding hydrogens is 254 g/mol. The van der Waals surface area contributed by atoms with Crippen LogP contribution < -0.4 is 10.6 Å². The minimum atomic E-state index is 0.482. The fourth-order valence-electron chi connectivity index (χ4n) is 1.71. The Morgan fingerprint density at radius 2 is 2.10 bits per heavy atom. The van der Waals surface area contributed by atoms with Crippen molar-refractivity contribution in [2.75, 3.05) is 30.9 Å². The minimum absolute atomic E-state index is 0.482. The molecule has 6 nitrogen and oxygen atoms in total. The van der Waals surface area contributed by atoms with Gasteiger partial charge in [0.25, 0.3) is 0 Å². The first-order valence-corrected chi connectivity index (χ1v) is 6.55. The van der Waals surface area contributed by atoms with Crippen LogP contribution in [0, 0.1) is 6.92 Å². The predicted octanol–water partition coefficient (Wildman–Crippen LogP) is 2.37. The second-order valence-corrected chi connectivity index (χ2v) is 4.38. The Balaban J connectivity index is 1.97. The van der Waals surface area contributed by atoms with Gasteiger partial charge in [0, 0.05) is 25.9 Å². The number of benzene rings is 1. The third-order valence-corrected chi connectivity index (χ3v) is 2.78. The Kier molecular flexibility index (Phi) is 5.25. The van der Waals surface area contributed by atoms with Crippen LogP contribution in [0.1, 0.15) is 12.0 Å². The van der Waals surface area contributed by atoms with Gasteiger partial charge in [-0.05, 0) is 25.0 Å². The van der Waals surface area contributed by atoms with Crippen molar-refractivity contribution in [3.8, 4) is 0 Å². The van der Waals surface area contributed by atoms with E-state index in [2.05, 4.69) is 25.8 Å². The van der Waals surface area contributed by atoms with Gasteiger partial charge in [0.05, 0.1) is 6.20 Å². The summed E-state index contributed by atoms with van der Waals surface area (Å²) in [5, 5.41) is 14.3. The summed E-state index contributed by atoms with van der Waals surface area (Å²) in [4.78, 5) is 4.37. The molecule has 2 rings (SSSR count). The lowest BCUT2D eigenvalue weighted by Gasteiger charge is -2.09. The summed E-state index contributed by atoms with van der Waals surface area (Å²) < 4.78 is 4.99.